The van der Waals surface area contributed by atoms with E-state index < -0.39 is 0 Å². The van der Waals surface area contributed by atoms with Gasteiger partial charge in [-0.25, -0.2) is 9.97 Å². The van der Waals surface area contributed by atoms with Gasteiger partial charge >= 0.3 is 0 Å². The van der Waals surface area contributed by atoms with Gasteiger partial charge in [-0.2, -0.15) is 5.10 Å². The molecule has 0 saturated carbocycles. The van der Waals surface area contributed by atoms with Crippen LogP contribution in [0.3, 0.4) is 0 Å². The van der Waals surface area contributed by atoms with E-state index in [0.717, 1.165) is 4.47 Å². The summed E-state index contributed by atoms with van der Waals surface area (Å²) in [6.45, 7) is 1.83. The summed E-state index contributed by atoms with van der Waals surface area (Å²) in [7, 11) is 0. The molecule has 1 aromatic heterocycles. The third-order valence-corrected chi connectivity index (χ3v) is 4.51. The first kappa shape index (κ1) is 18.3. The van der Waals surface area contributed by atoms with Crippen molar-refractivity contribution in [2.24, 2.45) is 5.10 Å². The molecule has 0 saturated heterocycles. The van der Waals surface area contributed by atoms with Crippen molar-refractivity contribution in [3.63, 3.8) is 0 Å². The topological polar surface area (TPSA) is 90.6 Å². The van der Waals surface area contributed by atoms with Crippen molar-refractivity contribution in [1.29, 1.82) is 0 Å². The average molecular weight is 478 g/mol. The number of aromatic hydroxyl groups is 2. The highest BCUT2D eigenvalue weighted by molar-refractivity contribution is 9.11. The second-order valence-electron chi connectivity index (χ2n) is 5.43. The maximum absolute atomic E-state index is 10.3. The lowest BCUT2D eigenvalue weighted by Gasteiger charge is -2.09. The lowest BCUT2D eigenvalue weighted by Crippen LogP contribution is -1.99. The summed E-state index contributed by atoms with van der Waals surface area (Å²) in [5.41, 5.74) is 4.61. The lowest BCUT2D eigenvalue weighted by atomic mass is 10.2. The van der Waals surface area contributed by atoms with Crippen LogP contribution in [-0.4, -0.2) is 26.4 Å². The quantitative estimate of drug-likeness (QED) is 0.369. The van der Waals surface area contributed by atoms with E-state index in [1.165, 1.54) is 6.21 Å². The van der Waals surface area contributed by atoms with E-state index in [9.17, 15) is 10.2 Å². The Morgan fingerprint density at radius 2 is 1.85 bits per heavy atom. The first-order chi connectivity index (χ1) is 12.4. The number of hydrogen-bond donors (Lipinski definition) is 3. The molecule has 3 rings (SSSR count). The second-order valence-corrected chi connectivity index (χ2v) is 7.20. The fourth-order valence-corrected chi connectivity index (χ4v) is 3.47. The van der Waals surface area contributed by atoms with Crippen molar-refractivity contribution in [2.45, 2.75) is 6.92 Å². The van der Waals surface area contributed by atoms with E-state index >= 15 is 0 Å². The molecule has 26 heavy (non-hydrogen) atoms. The maximum atomic E-state index is 10.3. The fraction of sp³-hybridized carbons (Fsp3) is 0.0556. The van der Waals surface area contributed by atoms with Crippen molar-refractivity contribution in [3.8, 4) is 22.9 Å². The lowest BCUT2D eigenvalue weighted by molar-refractivity contribution is 0.473. The summed E-state index contributed by atoms with van der Waals surface area (Å²) >= 11 is 6.70. The Kier molecular flexibility index (Phi) is 5.53. The van der Waals surface area contributed by atoms with Crippen LogP contribution in [0.15, 0.2) is 56.5 Å². The van der Waals surface area contributed by atoms with Gasteiger partial charge in [-0.1, -0.05) is 28.1 Å². The van der Waals surface area contributed by atoms with E-state index in [2.05, 4.69) is 52.4 Å². The zero-order valence-corrected chi connectivity index (χ0v) is 16.8. The fourth-order valence-electron chi connectivity index (χ4n) is 2.25. The molecule has 0 aliphatic heterocycles. The highest BCUT2D eigenvalue weighted by Gasteiger charge is 2.13. The van der Waals surface area contributed by atoms with E-state index in [-0.39, 0.29) is 11.5 Å². The summed E-state index contributed by atoms with van der Waals surface area (Å²) in [6.07, 6.45) is 1.50. The molecule has 1 heterocycles. The van der Waals surface area contributed by atoms with Gasteiger partial charge in [-0.3, -0.25) is 5.43 Å². The van der Waals surface area contributed by atoms with Gasteiger partial charge in [0.25, 0.3) is 0 Å². The molecular weight excluding hydrogens is 464 g/mol. The maximum Gasteiger partial charge on any atom is 0.165 e. The highest BCUT2D eigenvalue weighted by atomic mass is 79.9. The number of rotatable bonds is 4. The molecule has 0 fully saturated rings. The van der Waals surface area contributed by atoms with Crippen molar-refractivity contribution < 1.29 is 10.2 Å². The van der Waals surface area contributed by atoms with Gasteiger partial charge < -0.3 is 10.2 Å². The number of aromatic nitrogens is 2. The van der Waals surface area contributed by atoms with Gasteiger partial charge in [0.15, 0.2) is 11.6 Å². The number of phenolic OH excluding ortho intramolecular Hbond substituents is 2. The van der Waals surface area contributed by atoms with Crippen LogP contribution in [0, 0.1) is 6.92 Å². The molecule has 6 nitrogen and oxygen atoms in total. The Hall–Kier alpha value is -2.45. The molecule has 0 spiro atoms. The molecule has 0 radical (unpaired) electrons. The second kappa shape index (κ2) is 7.84. The standard InChI is InChI=1S/C18H14Br2N4O2/c1-10-6-16(24-21-9-11-4-2-3-5-15(11)25)23-18(22-10)13-7-12(19)8-14(20)17(13)26/h2-9,25-26H,1H3,(H,22,23,24)/b21-9+. The Bertz CT molecular complexity index is 993. The van der Waals surface area contributed by atoms with Gasteiger partial charge in [0, 0.05) is 21.8 Å². The minimum atomic E-state index is 0.0578. The Morgan fingerprint density at radius 3 is 2.62 bits per heavy atom. The van der Waals surface area contributed by atoms with Crippen LogP contribution in [0.25, 0.3) is 11.4 Å². The number of aryl methyl sites for hydroxylation is 1. The van der Waals surface area contributed by atoms with Gasteiger partial charge in [0.05, 0.1) is 16.3 Å². The summed E-state index contributed by atoms with van der Waals surface area (Å²) < 4.78 is 1.33. The van der Waals surface area contributed by atoms with E-state index in [4.69, 9.17) is 0 Å². The van der Waals surface area contributed by atoms with Crippen LogP contribution in [0.2, 0.25) is 0 Å². The number of nitrogens with one attached hydrogen (secondary N) is 1. The van der Waals surface area contributed by atoms with Gasteiger partial charge in [0.1, 0.15) is 11.5 Å². The minimum absolute atomic E-state index is 0.0578. The summed E-state index contributed by atoms with van der Waals surface area (Å²) in [6, 6.07) is 12.1. The molecule has 3 aromatic rings. The molecule has 8 heteroatoms. The van der Waals surface area contributed by atoms with E-state index in [1.807, 2.05) is 13.0 Å². The number of benzene rings is 2. The molecule has 0 aliphatic carbocycles. The van der Waals surface area contributed by atoms with Crippen LogP contribution in [0.1, 0.15) is 11.3 Å². The molecule has 0 unspecified atom stereocenters. The molecule has 0 aliphatic rings. The highest BCUT2D eigenvalue weighted by Crippen LogP contribution is 2.37. The number of halogens is 2. The van der Waals surface area contributed by atoms with Crippen LogP contribution >= 0.6 is 31.9 Å². The van der Waals surface area contributed by atoms with Crippen LogP contribution in [-0.2, 0) is 0 Å². The normalized spacial score (nSPS) is 11.0. The molecule has 3 N–H and O–H groups in total. The third-order valence-electron chi connectivity index (χ3n) is 3.44. The van der Waals surface area contributed by atoms with E-state index in [0.29, 0.717) is 32.9 Å². The van der Waals surface area contributed by atoms with Crippen molar-refractivity contribution in [3.05, 3.63) is 62.7 Å². The number of phenols is 2. The number of hydrogen-bond acceptors (Lipinski definition) is 6. The van der Waals surface area contributed by atoms with Crippen molar-refractivity contribution >= 4 is 43.9 Å². The molecule has 0 amide bonds. The number of para-hydroxylation sites is 1. The Morgan fingerprint density at radius 1 is 1.08 bits per heavy atom. The Labute approximate surface area is 166 Å². The summed E-state index contributed by atoms with van der Waals surface area (Å²) in [5.74, 6) is 1.03. The summed E-state index contributed by atoms with van der Waals surface area (Å²) in [5, 5.41) is 24.1. The SMILES string of the molecule is Cc1cc(N/N=C/c2ccccc2O)nc(-c2cc(Br)cc(Br)c2O)n1. The first-order valence-corrected chi connectivity index (χ1v) is 9.14. The van der Waals surface area contributed by atoms with Crippen LogP contribution in [0.4, 0.5) is 5.82 Å². The van der Waals surface area contributed by atoms with Crippen LogP contribution < -0.4 is 5.43 Å². The van der Waals surface area contributed by atoms with Gasteiger partial charge in [-0.15, -0.1) is 0 Å². The monoisotopic (exact) mass is 476 g/mol. The largest absolute Gasteiger partial charge is 0.507 e. The number of anilines is 1. The predicted octanol–water partition coefficient (Wildman–Crippen LogP) is 4.83. The van der Waals surface area contributed by atoms with Crippen molar-refractivity contribution in [2.75, 3.05) is 5.43 Å². The zero-order valence-electron chi connectivity index (χ0n) is 13.6. The van der Waals surface area contributed by atoms with E-state index in [1.54, 1.807) is 36.4 Å². The smallest absolute Gasteiger partial charge is 0.165 e. The Balaban J connectivity index is 1.90. The van der Waals surface area contributed by atoms with Crippen molar-refractivity contribution in [1.82, 2.24) is 9.97 Å². The molecule has 132 valence electrons. The predicted molar refractivity (Wildman–Crippen MR) is 109 cm³/mol. The first-order valence-electron chi connectivity index (χ1n) is 7.55. The van der Waals surface area contributed by atoms with Gasteiger partial charge in [0.2, 0.25) is 0 Å². The number of hydrazone groups is 1. The van der Waals surface area contributed by atoms with Crippen LogP contribution in [0.5, 0.6) is 11.5 Å². The molecule has 2 aromatic carbocycles. The number of nitrogens with zero attached hydrogens (tertiary/aromatic N) is 3. The minimum Gasteiger partial charge on any atom is -0.507 e. The zero-order chi connectivity index (χ0) is 18.7. The molecule has 0 bridgehead atoms. The molecule has 0 atom stereocenters. The molecular formula is C18H14Br2N4O2. The average Bonchev–Trinajstić information content (AvgIpc) is 2.59. The third kappa shape index (κ3) is 4.20. The van der Waals surface area contributed by atoms with Gasteiger partial charge in [-0.05, 0) is 47.1 Å². The summed E-state index contributed by atoms with van der Waals surface area (Å²) in [4.78, 5) is 8.78.